The molecule has 0 saturated heterocycles. The number of rotatable bonds is 8. The lowest BCUT2D eigenvalue weighted by Crippen LogP contribution is -2.41. The van der Waals surface area contributed by atoms with Crippen molar-refractivity contribution >= 4 is 11.9 Å². The average Bonchev–Trinajstić information content (AvgIpc) is 2.23. The zero-order valence-corrected chi connectivity index (χ0v) is 9.79. The van der Waals surface area contributed by atoms with E-state index in [2.05, 4.69) is 5.32 Å². The summed E-state index contributed by atoms with van der Waals surface area (Å²) in [5.41, 5.74) is 5.39. The van der Waals surface area contributed by atoms with Crippen LogP contribution in [0.1, 0.15) is 32.1 Å². The van der Waals surface area contributed by atoms with Crippen molar-refractivity contribution in [3.05, 3.63) is 0 Å². The first-order valence-electron chi connectivity index (χ1n) is 5.54. The highest BCUT2D eigenvalue weighted by Crippen LogP contribution is 2.21. The molecule has 8 heteroatoms. The fraction of sp³-hybridized carbons (Fsp3) is 0.800. The van der Waals surface area contributed by atoms with Crippen LogP contribution in [0.5, 0.6) is 0 Å². The molecule has 0 rings (SSSR count). The molecule has 0 aliphatic carbocycles. The van der Waals surface area contributed by atoms with E-state index in [-0.39, 0.29) is 32.2 Å². The molecule has 1 unspecified atom stereocenters. The van der Waals surface area contributed by atoms with Gasteiger partial charge in [-0.2, -0.15) is 13.2 Å². The molecule has 0 aromatic heterocycles. The Labute approximate surface area is 103 Å². The van der Waals surface area contributed by atoms with Crippen molar-refractivity contribution in [2.24, 2.45) is 5.73 Å². The average molecular weight is 270 g/mol. The molecule has 106 valence electrons. The zero-order valence-electron chi connectivity index (χ0n) is 9.79. The quantitative estimate of drug-likeness (QED) is 0.574. The van der Waals surface area contributed by atoms with Crippen LogP contribution in [0.15, 0.2) is 0 Å². The van der Waals surface area contributed by atoms with Crippen LogP contribution in [0.4, 0.5) is 13.2 Å². The van der Waals surface area contributed by atoms with Gasteiger partial charge in [-0.3, -0.25) is 9.59 Å². The Bertz CT molecular complexity index is 282. The minimum atomic E-state index is -4.18. The van der Waals surface area contributed by atoms with Gasteiger partial charge >= 0.3 is 12.1 Å². The number of nitrogens with two attached hydrogens (primary N) is 1. The normalized spacial score (nSPS) is 13.1. The summed E-state index contributed by atoms with van der Waals surface area (Å²) < 4.78 is 35.3. The fourth-order valence-corrected chi connectivity index (χ4v) is 1.20. The summed E-state index contributed by atoms with van der Waals surface area (Å²) in [5, 5.41) is 10.7. The summed E-state index contributed by atoms with van der Waals surface area (Å²) in [6.45, 7) is 0.107. The van der Waals surface area contributed by atoms with Crippen molar-refractivity contribution in [2.45, 2.75) is 44.3 Å². The number of amides is 1. The largest absolute Gasteiger partial charge is 0.481 e. The maximum Gasteiger partial charge on any atom is 0.389 e. The molecule has 0 aromatic carbocycles. The van der Waals surface area contributed by atoms with Crippen molar-refractivity contribution in [1.82, 2.24) is 5.32 Å². The maximum absolute atomic E-state index is 11.8. The van der Waals surface area contributed by atoms with Crippen LogP contribution in [0.2, 0.25) is 0 Å². The molecule has 4 N–H and O–H groups in total. The Morgan fingerprint density at radius 2 is 1.89 bits per heavy atom. The van der Waals surface area contributed by atoms with Crippen LogP contribution in [0, 0.1) is 0 Å². The van der Waals surface area contributed by atoms with E-state index in [0.29, 0.717) is 0 Å². The van der Waals surface area contributed by atoms with Crippen molar-refractivity contribution in [1.29, 1.82) is 0 Å². The monoisotopic (exact) mass is 270 g/mol. The Morgan fingerprint density at radius 3 is 2.39 bits per heavy atom. The van der Waals surface area contributed by atoms with Crippen LogP contribution in [0.3, 0.4) is 0 Å². The molecule has 1 atom stereocenters. The first kappa shape index (κ1) is 16.7. The predicted octanol–water partition coefficient (Wildman–Crippen LogP) is 1.03. The highest BCUT2D eigenvalue weighted by Gasteiger charge is 2.25. The molecule has 0 radical (unpaired) electrons. The van der Waals surface area contributed by atoms with Gasteiger partial charge in [-0.15, -0.1) is 0 Å². The number of nitrogens with one attached hydrogen (secondary N) is 1. The van der Waals surface area contributed by atoms with Crippen molar-refractivity contribution < 1.29 is 27.9 Å². The molecule has 1 amide bonds. The van der Waals surface area contributed by atoms with E-state index in [4.69, 9.17) is 10.8 Å². The van der Waals surface area contributed by atoms with Gasteiger partial charge in [-0.25, -0.2) is 0 Å². The molecule has 0 spiro atoms. The molecule has 0 bridgehead atoms. The number of aliphatic carboxylic acids is 1. The van der Waals surface area contributed by atoms with E-state index in [1.807, 2.05) is 0 Å². The minimum Gasteiger partial charge on any atom is -0.481 e. The lowest BCUT2D eigenvalue weighted by molar-refractivity contribution is -0.137. The Hall–Kier alpha value is -1.31. The number of carbonyl (C=O) groups is 2. The van der Waals surface area contributed by atoms with E-state index >= 15 is 0 Å². The molecule has 18 heavy (non-hydrogen) atoms. The molecule has 0 aromatic rings. The molecular weight excluding hydrogens is 253 g/mol. The van der Waals surface area contributed by atoms with Gasteiger partial charge in [0.1, 0.15) is 0 Å². The topological polar surface area (TPSA) is 92.4 Å². The summed E-state index contributed by atoms with van der Waals surface area (Å²) in [4.78, 5) is 21.5. The molecule has 0 fully saturated rings. The van der Waals surface area contributed by atoms with Crippen LogP contribution in [-0.4, -0.2) is 35.7 Å². The maximum atomic E-state index is 11.8. The first-order valence-corrected chi connectivity index (χ1v) is 5.54. The second kappa shape index (κ2) is 7.91. The number of carbonyl (C=O) groups excluding carboxylic acids is 1. The molecular formula is C10H17F3N2O3. The van der Waals surface area contributed by atoms with Gasteiger partial charge in [0, 0.05) is 19.4 Å². The Balaban J connectivity index is 3.61. The van der Waals surface area contributed by atoms with Crippen LogP contribution >= 0.6 is 0 Å². The van der Waals surface area contributed by atoms with Crippen molar-refractivity contribution in [2.75, 3.05) is 6.54 Å². The SMILES string of the molecule is NC(CCC(=O)O)C(=O)NCCCCC(F)(F)F. The summed E-state index contributed by atoms with van der Waals surface area (Å²) in [7, 11) is 0. The van der Waals surface area contributed by atoms with Crippen LogP contribution in [-0.2, 0) is 9.59 Å². The Morgan fingerprint density at radius 1 is 1.28 bits per heavy atom. The highest BCUT2D eigenvalue weighted by atomic mass is 19.4. The van der Waals surface area contributed by atoms with Gasteiger partial charge in [0.15, 0.2) is 0 Å². The summed E-state index contributed by atoms with van der Waals surface area (Å²) in [5.74, 6) is -1.59. The summed E-state index contributed by atoms with van der Waals surface area (Å²) in [6.07, 6.45) is -5.13. The van der Waals surface area contributed by atoms with Gasteiger partial charge < -0.3 is 16.2 Å². The van der Waals surface area contributed by atoms with Crippen LogP contribution in [0.25, 0.3) is 0 Å². The smallest absolute Gasteiger partial charge is 0.389 e. The van der Waals surface area contributed by atoms with Gasteiger partial charge in [0.05, 0.1) is 6.04 Å². The standard InChI is InChI=1S/C10H17F3N2O3/c11-10(12,13)5-1-2-6-15-9(18)7(14)3-4-8(16)17/h7H,1-6,14H2,(H,15,18)(H,16,17). The molecule has 0 saturated carbocycles. The third kappa shape index (κ3) is 9.88. The number of carboxylic acids is 1. The zero-order chi connectivity index (χ0) is 14.2. The van der Waals surface area contributed by atoms with Crippen LogP contribution < -0.4 is 11.1 Å². The van der Waals surface area contributed by atoms with Crippen molar-refractivity contribution in [3.8, 4) is 0 Å². The van der Waals surface area contributed by atoms with Gasteiger partial charge in [-0.1, -0.05) is 0 Å². The fourth-order valence-electron chi connectivity index (χ4n) is 1.20. The third-order valence-corrected chi connectivity index (χ3v) is 2.19. The molecule has 0 heterocycles. The molecule has 0 aliphatic rings. The lowest BCUT2D eigenvalue weighted by atomic mass is 10.1. The molecule has 5 nitrogen and oxygen atoms in total. The van der Waals surface area contributed by atoms with Gasteiger partial charge in [-0.05, 0) is 19.3 Å². The van der Waals surface area contributed by atoms with Crippen molar-refractivity contribution in [3.63, 3.8) is 0 Å². The second-order valence-corrected chi connectivity index (χ2v) is 3.90. The second-order valence-electron chi connectivity index (χ2n) is 3.90. The number of alkyl halides is 3. The summed E-state index contributed by atoms with van der Waals surface area (Å²) in [6, 6.07) is -0.941. The number of hydrogen-bond acceptors (Lipinski definition) is 3. The number of halogens is 3. The van der Waals surface area contributed by atoms with Gasteiger partial charge in [0.2, 0.25) is 5.91 Å². The Kier molecular flexibility index (Phi) is 7.33. The van der Waals surface area contributed by atoms with E-state index < -0.39 is 30.5 Å². The van der Waals surface area contributed by atoms with E-state index in [0.717, 1.165) is 0 Å². The predicted molar refractivity (Wildman–Crippen MR) is 57.8 cm³/mol. The van der Waals surface area contributed by atoms with E-state index in [1.54, 1.807) is 0 Å². The highest BCUT2D eigenvalue weighted by molar-refractivity contribution is 5.82. The van der Waals surface area contributed by atoms with E-state index in [1.165, 1.54) is 0 Å². The minimum absolute atomic E-state index is 0.00369. The lowest BCUT2D eigenvalue weighted by Gasteiger charge is -2.11. The summed E-state index contributed by atoms with van der Waals surface area (Å²) >= 11 is 0. The van der Waals surface area contributed by atoms with E-state index in [9.17, 15) is 22.8 Å². The molecule has 0 aliphatic heterocycles. The number of carboxylic acid groups (broad SMARTS) is 1. The van der Waals surface area contributed by atoms with Gasteiger partial charge in [0.25, 0.3) is 0 Å². The number of unbranched alkanes of at least 4 members (excludes halogenated alkanes) is 1. The third-order valence-electron chi connectivity index (χ3n) is 2.19. The number of hydrogen-bond donors (Lipinski definition) is 3. The first-order chi connectivity index (χ1) is 8.22.